The molecule has 0 aliphatic carbocycles. The highest BCUT2D eigenvalue weighted by Gasteiger charge is 2.66. The highest BCUT2D eigenvalue weighted by Crippen LogP contribution is 2.46. The zero-order valence-corrected chi connectivity index (χ0v) is 9.14. The number of hydrogen-bond donors (Lipinski definition) is 1. The van der Waals surface area contributed by atoms with Crippen molar-refractivity contribution < 1.29 is 21.9 Å². The molecule has 2 fully saturated rings. The van der Waals surface area contributed by atoms with E-state index in [9.17, 15) is 21.9 Å². The van der Waals surface area contributed by atoms with Crippen molar-refractivity contribution in [2.45, 2.75) is 29.4 Å². The molecule has 7 heteroatoms. The predicted octanol–water partition coefficient (Wildman–Crippen LogP) is -0.929. The van der Waals surface area contributed by atoms with E-state index in [1.807, 2.05) is 0 Å². The summed E-state index contributed by atoms with van der Waals surface area (Å²) in [6.45, 7) is 0. The molecule has 82 valence electrons. The fourth-order valence-electron chi connectivity index (χ4n) is 2.26. The van der Waals surface area contributed by atoms with E-state index in [0.717, 1.165) is 0 Å². The Morgan fingerprint density at radius 2 is 1.64 bits per heavy atom. The third-order valence-electron chi connectivity index (χ3n) is 3.17. The fraction of sp³-hybridized carbons (Fsp3) is 1.00. The Morgan fingerprint density at radius 1 is 1.07 bits per heavy atom. The van der Waals surface area contributed by atoms with Gasteiger partial charge in [0.05, 0.1) is 17.6 Å². The van der Waals surface area contributed by atoms with Crippen LogP contribution in [0.2, 0.25) is 0 Å². The average Bonchev–Trinajstić information content (AvgIpc) is 2.00. The standard InChI is InChI=1S/C7H12O5S2/c8-6-2-1-4-13(9,10)7(6)3-5-14(7,11)12/h6,8H,1-5H2. The molecule has 0 bridgehead atoms. The molecule has 2 saturated heterocycles. The molecule has 0 radical (unpaired) electrons. The summed E-state index contributed by atoms with van der Waals surface area (Å²) in [6, 6.07) is 0. The second-order valence-corrected chi connectivity index (χ2v) is 8.85. The summed E-state index contributed by atoms with van der Waals surface area (Å²) >= 11 is 0. The molecule has 1 N–H and O–H groups in total. The Balaban J connectivity index is 2.60. The van der Waals surface area contributed by atoms with Gasteiger partial charge in [-0.25, -0.2) is 16.8 Å². The molecule has 0 aromatic heterocycles. The SMILES string of the molecule is O=S1(=O)CCCC(O)C12CCS2(=O)=O. The maximum atomic E-state index is 11.7. The van der Waals surface area contributed by atoms with E-state index < -0.39 is 29.9 Å². The smallest absolute Gasteiger partial charge is 0.199 e. The summed E-state index contributed by atoms with van der Waals surface area (Å²) in [5, 5.41) is 9.59. The molecule has 14 heavy (non-hydrogen) atoms. The summed E-state index contributed by atoms with van der Waals surface area (Å²) < 4.78 is 44.5. The van der Waals surface area contributed by atoms with Gasteiger partial charge in [0.25, 0.3) is 0 Å². The summed E-state index contributed by atoms with van der Waals surface area (Å²) in [7, 11) is -7.32. The van der Waals surface area contributed by atoms with Gasteiger partial charge in [-0.1, -0.05) is 0 Å². The van der Waals surface area contributed by atoms with Crippen LogP contribution >= 0.6 is 0 Å². The second-order valence-electron chi connectivity index (χ2n) is 3.86. The maximum Gasteiger partial charge on any atom is 0.199 e. The number of sulfone groups is 2. The van der Waals surface area contributed by atoms with Crippen molar-refractivity contribution in [1.29, 1.82) is 0 Å². The van der Waals surface area contributed by atoms with Gasteiger partial charge < -0.3 is 5.11 Å². The van der Waals surface area contributed by atoms with Crippen LogP contribution in [0.4, 0.5) is 0 Å². The Kier molecular flexibility index (Phi) is 2.01. The Hall–Kier alpha value is -0.140. The highest BCUT2D eigenvalue weighted by atomic mass is 32.3. The van der Waals surface area contributed by atoms with Crippen LogP contribution in [0.5, 0.6) is 0 Å². The van der Waals surface area contributed by atoms with Crippen LogP contribution in [0.3, 0.4) is 0 Å². The monoisotopic (exact) mass is 240 g/mol. The maximum absolute atomic E-state index is 11.7. The lowest BCUT2D eigenvalue weighted by Crippen LogP contribution is -2.66. The van der Waals surface area contributed by atoms with Crippen molar-refractivity contribution in [1.82, 2.24) is 0 Å². The molecule has 0 aromatic carbocycles. The van der Waals surface area contributed by atoms with Crippen molar-refractivity contribution in [2.75, 3.05) is 11.5 Å². The molecule has 2 aliphatic rings. The number of rotatable bonds is 0. The van der Waals surface area contributed by atoms with Gasteiger partial charge in [-0.15, -0.1) is 0 Å². The summed E-state index contributed by atoms with van der Waals surface area (Å²) in [4.78, 5) is 0. The minimum Gasteiger partial charge on any atom is -0.390 e. The largest absolute Gasteiger partial charge is 0.390 e. The zero-order valence-electron chi connectivity index (χ0n) is 7.51. The van der Waals surface area contributed by atoms with E-state index in [4.69, 9.17) is 0 Å². The minimum absolute atomic E-state index is 0.0544. The third kappa shape index (κ3) is 0.976. The molecule has 2 heterocycles. The van der Waals surface area contributed by atoms with E-state index in [2.05, 4.69) is 0 Å². The van der Waals surface area contributed by atoms with E-state index >= 15 is 0 Å². The highest BCUT2D eigenvalue weighted by molar-refractivity contribution is 8.11. The fourth-order valence-corrected chi connectivity index (χ4v) is 7.76. The quantitative estimate of drug-likeness (QED) is 0.591. The van der Waals surface area contributed by atoms with Gasteiger partial charge in [0.15, 0.2) is 23.8 Å². The number of aliphatic hydroxyl groups excluding tert-OH is 1. The molecule has 5 nitrogen and oxygen atoms in total. The molecule has 2 unspecified atom stereocenters. The Labute approximate surface area is 83.0 Å². The lowest BCUT2D eigenvalue weighted by molar-refractivity contribution is 0.128. The van der Waals surface area contributed by atoms with Gasteiger partial charge >= 0.3 is 0 Å². The van der Waals surface area contributed by atoms with Crippen molar-refractivity contribution >= 4 is 19.7 Å². The van der Waals surface area contributed by atoms with Gasteiger partial charge in [-0.3, -0.25) is 0 Å². The van der Waals surface area contributed by atoms with Crippen molar-refractivity contribution in [3.05, 3.63) is 0 Å². The van der Waals surface area contributed by atoms with Crippen LogP contribution in [0, 0.1) is 0 Å². The third-order valence-corrected chi connectivity index (χ3v) is 9.32. The van der Waals surface area contributed by atoms with Crippen LogP contribution in [0.15, 0.2) is 0 Å². The van der Waals surface area contributed by atoms with Gasteiger partial charge in [0, 0.05) is 0 Å². The number of hydrogen-bond acceptors (Lipinski definition) is 5. The summed E-state index contributed by atoms with van der Waals surface area (Å²) in [5.41, 5.74) is 0. The van der Waals surface area contributed by atoms with Crippen molar-refractivity contribution in [2.24, 2.45) is 0 Å². The first-order valence-electron chi connectivity index (χ1n) is 4.46. The molecule has 2 atom stereocenters. The van der Waals surface area contributed by atoms with E-state index in [1.54, 1.807) is 0 Å². The molecule has 2 aliphatic heterocycles. The number of aliphatic hydroxyl groups is 1. The summed E-state index contributed by atoms with van der Waals surface area (Å²) in [6.07, 6.45) is -0.571. The van der Waals surface area contributed by atoms with E-state index in [0.29, 0.717) is 6.42 Å². The van der Waals surface area contributed by atoms with Gasteiger partial charge in [0.2, 0.25) is 0 Å². The Bertz CT molecular complexity index is 448. The minimum atomic E-state index is -3.68. The first-order chi connectivity index (χ1) is 6.33. The van der Waals surface area contributed by atoms with Crippen LogP contribution in [0.1, 0.15) is 19.3 Å². The normalized spacial score (nSPS) is 44.5. The predicted molar refractivity (Wildman–Crippen MR) is 50.2 cm³/mol. The molecule has 1 spiro atoms. The lowest BCUT2D eigenvalue weighted by Gasteiger charge is -2.45. The average molecular weight is 240 g/mol. The van der Waals surface area contributed by atoms with E-state index in [1.165, 1.54) is 0 Å². The van der Waals surface area contributed by atoms with Gasteiger partial charge in [-0.2, -0.15) is 0 Å². The van der Waals surface area contributed by atoms with Crippen LogP contribution in [-0.4, -0.2) is 43.6 Å². The van der Waals surface area contributed by atoms with Gasteiger partial charge in [0.1, 0.15) is 0 Å². The molecular weight excluding hydrogens is 228 g/mol. The second kappa shape index (κ2) is 2.70. The van der Waals surface area contributed by atoms with Crippen molar-refractivity contribution in [3.8, 4) is 0 Å². The van der Waals surface area contributed by atoms with E-state index in [-0.39, 0.29) is 24.3 Å². The summed E-state index contributed by atoms with van der Waals surface area (Å²) in [5.74, 6) is -0.243. The zero-order chi connectivity index (χ0) is 10.6. The topological polar surface area (TPSA) is 88.5 Å². The first-order valence-corrected chi connectivity index (χ1v) is 7.77. The molecular formula is C7H12O5S2. The van der Waals surface area contributed by atoms with Crippen LogP contribution in [0.25, 0.3) is 0 Å². The molecule has 0 saturated carbocycles. The first kappa shape index (κ1) is 10.4. The van der Waals surface area contributed by atoms with Crippen molar-refractivity contribution in [3.63, 3.8) is 0 Å². The molecule has 0 aromatic rings. The van der Waals surface area contributed by atoms with Crippen LogP contribution < -0.4 is 0 Å². The lowest BCUT2D eigenvalue weighted by atomic mass is 10.1. The molecule has 2 rings (SSSR count). The molecule has 0 amide bonds. The van der Waals surface area contributed by atoms with Crippen LogP contribution in [-0.2, 0) is 19.7 Å². The van der Waals surface area contributed by atoms with Gasteiger partial charge in [-0.05, 0) is 19.3 Å². The Morgan fingerprint density at radius 3 is 1.93 bits per heavy atom.